The summed E-state index contributed by atoms with van der Waals surface area (Å²) in [5, 5.41) is 2.60. The number of carbonyl (C=O) groups excluding carboxylic acids is 2. The molecule has 0 unspecified atom stereocenters. The second-order valence-corrected chi connectivity index (χ2v) is 7.72. The maximum atomic E-state index is 12.9. The van der Waals surface area contributed by atoms with Crippen LogP contribution in [0.5, 0.6) is 0 Å². The van der Waals surface area contributed by atoms with Gasteiger partial charge < -0.3 is 9.47 Å². The van der Waals surface area contributed by atoms with Gasteiger partial charge in [0.15, 0.2) is 0 Å². The molecule has 1 aliphatic rings. The molecule has 0 spiro atoms. The molecule has 6 nitrogen and oxygen atoms in total. The van der Waals surface area contributed by atoms with Gasteiger partial charge in [-0.1, -0.05) is 42.5 Å². The molecular weight excluding hydrogens is 390 g/mol. The van der Waals surface area contributed by atoms with Crippen molar-refractivity contribution < 1.29 is 19.1 Å². The molecule has 0 radical (unpaired) electrons. The Morgan fingerprint density at radius 1 is 1.07 bits per heavy atom. The first-order chi connectivity index (χ1) is 14.0. The lowest BCUT2D eigenvalue weighted by atomic mass is 9.96. The SMILES string of the molecule is COC(=O)c1c(Cc2cccc3ccccc23)cc(=O)n2c1SC[C@H]2C(=O)OC. The average Bonchev–Trinajstić information content (AvgIpc) is 3.18. The van der Waals surface area contributed by atoms with E-state index in [0.29, 0.717) is 28.3 Å². The minimum Gasteiger partial charge on any atom is -0.467 e. The van der Waals surface area contributed by atoms with E-state index in [-0.39, 0.29) is 5.56 Å². The molecule has 0 saturated heterocycles. The Bertz CT molecular complexity index is 1180. The quantitative estimate of drug-likeness (QED) is 0.616. The first kappa shape index (κ1) is 19.3. The van der Waals surface area contributed by atoms with E-state index in [9.17, 15) is 14.4 Å². The zero-order valence-corrected chi connectivity index (χ0v) is 16.8. The second-order valence-electron chi connectivity index (χ2n) is 6.71. The average molecular weight is 409 g/mol. The van der Waals surface area contributed by atoms with Crippen LogP contribution in [0.25, 0.3) is 10.8 Å². The number of thioether (sulfide) groups is 1. The Balaban J connectivity index is 1.88. The smallest absolute Gasteiger partial charge is 0.340 e. The monoisotopic (exact) mass is 409 g/mol. The number of rotatable bonds is 4. The van der Waals surface area contributed by atoms with E-state index >= 15 is 0 Å². The summed E-state index contributed by atoms with van der Waals surface area (Å²) in [6.07, 6.45) is 0.401. The van der Waals surface area contributed by atoms with Crippen LogP contribution in [0.3, 0.4) is 0 Å². The summed E-state index contributed by atoms with van der Waals surface area (Å²) >= 11 is 1.29. The predicted molar refractivity (Wildman–Crippen MR) is 111 cm³/mol. The van der Waals surface area contributed by atoms with Gasteiger partial charge in [-0.2, -0.15) is 0 Å². The number of methoxy groups -OCH3 is 2. The van der Waals surface area contributed by atoms with Crippen molar-refractivity contribution in [2.75, 3.05) is 20.0 Å². The van der Waals surface area contributed by atoms with Gasteiger partial charge >= 0.3 is 11.9 Å². The highest BCUT2D eigenvalue weighted by molar-refractivity contribution is 7.99. The van der Waals surface area contributed by atoms with E-state index in [1.165, 1.54) is 36.6 Å². The van der Waals surface area contributed by atoms with Crippen molar-refractivity contribution >= 4 is 34.5 Å². The second kappa shape index (κ2) is 7.75. The van der Waals surface area contributed by atoms with Gasteiger partial charge in [0.2, 0.25) is 0 Å². The molecule has 2 aromatic carbocycles. The molecule has 0 N–H and O–H groups in total. The number of pyridine rings is 1. The zero-order valence-electron chi connectivity index (χ0n) is 16.0. The highest BCUT2D eigenvalue weighted by Crippen LogP contribution is 2.37. The molecule has 148 valence electrons. The molecule has 0 aliphatic carbocycles. The number of fused-ring (bicyclic) bond motifs is 2. The van der Waals surface area contributed by atoms with Crippen LogP contribution >= 0.6 is 11.8 Å². The van der Waals surface area contributed by atoms with E-state index in [1.54, 1.807) is 0 Å². The van der Waals surface area contributed by atoms with Crippen LogP contribution < -0.4 is 5.56 Å². The molecule has 0 fully saturated rings. The lowest BCUT2D eigenvalue weighted by Crippen LogP contribution is -2.31. The van der Waals surface area contributed by atoms with E-state index < -0.39 is 18.0 Å². The van der Waals surface area contributed by atoms with E-state index in [1.807, 2.05) is 42.5 Å². The van der Waals surface area contributed by atoms with Crippen LogP contribution in [-0.4, -0.2) is 36.5 Å². The summed E-state index contributed by atoms with van der Waals surface area (Å²) in [5.41, 5.74) is 1.59. The summed E-state index contributed by atoms with van der Waals surface area (Å²) in [5.74, 6) is -0.693. The minimum absolute atomic E-state index is 0.330. The number of hydrogen-bond acceptors (Lipinski definition) is 6. The van der Waals surface area contributed by atoms with Crippen molar-refractivity contribution in [3.63, 3.8) is 0 Å². The molecule has 0 bridgehead atoms. The van der Waals surface area contributed by atoms with Crippen molar-refractivity contribution in [1.29, 1.82) is 0 Å². The Labute approximate surface area is 171 Å². The first-order valence-electron chi connectivity index (χ1n) is 9.09. The Hall–Kier alpha value is -3.06. The highest BCUT2D eigenvalue weighted by Gasteiger charge is 2.35. The number of aromatic nitrogens is 1. The molecule has 0 saturated carbocycles. The highest BCUT2D eigenvalue weighted by atomic mass is 32.2. The number of carbonyl (C=O) groups is 2. The molecular formula is C22H19NO5S. The van der Waals surface area contributed by atoms with Crippen LogP contribution in [0.15, 0.2) is 58.4 Å². The van der Waals surface area contributed by atoms with Gasteiger partial charge in [-0.05, 0) is 28.3 Å². The van der Waals surface area contributed by atoms with Crippen molar-refractivity contribution in [1.82, 2.24) is 4.57 Å². The van der Waals surface area contributed by atoms with E-state index in [4.69, 9.17) is 9.47 Å². The Morgan fingerprint density at radius 3 is 2.59 bits per heavy atom. The lowest BCUT2D eigenvalue weighted by Gasteiger charge is -2.16. The largest absolute Gasteiger partial charge is 0.467 e. The van der Waals surface area contributed by atoms with Gasteiger partial charge in [0.25, 0.3) is 5.56 Å². The van der Waals surface area contributed by atoms with Crippen LogP contribution in [0.2, 0.25) is 0 Å². The summed E-state index contributed by atoms with van der Waals surface area (Å²) < 4.78 is 11.2. The van der Waals surface area contributed by atoms with Gasteiger partial charge in [0, 0.05) is 11.8 Å². The van der Waals surface area contributed by atoms with Gasteiger partial charge in [-0.25, -0.2) is 9.59 Å². The number of esters is 2. The topological polar surface area (TPSA) is 74.6 Å². The van der Waals surface area contributed by atoms with E-state index in [0.717, 1.165) is 16.3 Å². The first-order valence-corrected chi connectivity index (χ1v) is 10.1. The Morgan fingerprint density at radius 2 is 1.83 bits per heavy atom. The summed E-state index contributed by atoms with van der Waals surface area (Å²) in [6, 6.07) is 14.6. The standard InChI is InChI=1S/C22H19NO5S/c1-27-21(25)17-12-29-20-19(22(26)28-2)15(11-18(24)23(17)20)10-14-8-5-7-13-6-3-4-9-16(13)14/h3-9,11,17H,10,12H2,1-2H3/t17-/m0/s1. The third kappa shape index (κ3) is 3.31. The van der Waals surface area contributed by atoms with Crippen LogP contribution in [-0.2, 0) is 20.7 Å². The minimum atomic E-state index is -0.748. The number of ether oxygens (including phenoxy) is 2. The molecule has 29 heavy (non-hydrogen) atoms. The molecule has 3 aromatic rings. The van der Waals surface area contributed by atoms with Gasteiger partial charge in [0.1, 0.15) is 6.04 Å². The summed E-state index contributed by atoms with van der Waals surface area (Å²) in [7, 11) is 2.59. The fourth-order valence-corrected chi connectivity index (χ4v) is 5.06. The molecule has 2 heterocycles. The zero-order chi connectivity index (χ0) is 20.5. The lowest BCUT2D eigenvalue weighted by molar-refractivity contribution is -0.143. The maximum absolute atomic E-state index is 12.9. The summed E-state index contributed by atoms with van der Waals surface area (Å²) in [6.45, 7) is 0. The molecule has 1 aliphatic heterocycles. The number of nitrogens with zero attached hydrogens (tertiary/aromatic N) is 1. The van der Waals surface area contributed by atoms with Crippen molar-refractivity contribution in [3.8, 4) is 0 Å². The molecule has 4 rings (SSSR count). The van der Waals surface area contributed by atoms with Crippen molar-refractivity contribution in [2.24, 2.45) is 0 Å². The third-order valence-corrected chi connectivity index (χ3v) is 6.26. The molecule has 0 amide bonds. The van der Waals surface area contributed by atoms with Crippen LogP contribution in [0.4, 0.5) is 0 Å². The molecule has 1 atom stereocenters. The molecule has 1 aromatic heterocycles. The molecule has 7 heteroatoms. The van der Waals surface area contributed by atoms with Crippen LogP contribution in [0.1, 0.15) is 27.5 Å². The van der Waals surface area contributed by atoms with Gasteiger partial charge in [-0.15, -0.1) is 11.8 Å². The van der Waals surface area contributed by atoms with Crippen molar-refractivity contribution in [3.05, 3.63) is 75.6 Å². The van der Waals surface area contributed by atoms with Gasteiger partial charge in [0.05, 0.1) is 24.8 Å². The number of hydrogen-bond donors (Lipinski definition) is 0. The number of benzene rings is 2. The maximum Gasteiger partial charge on any atom is 0.340 e. The predicted octanol–water partition coefficient (Wildman–Crippen LogP) is 3.20. The van der Waals surface area contributed by atoms with Gasteiger partial charge in [-0.3, -0.25) is 9.36 Å². The van der Waals surface area contributed by atoms with Crippen LogP contribution in [0, 0.1) is 0 Å². The fraction of sp³-hybridized carbons (Fsp3) is 0.227. The summed E-state index contributed by atoms with van der Waals surface area (Å²) in [4.78, 5) is 37.6. The third-order valence-electron chi connectivity index (χ3n) is 5.10. The van der Waals surface area contributed by atoms with E-state index in [2.05, 4.69) is 0 Å². The van der Waals surface area contributed by atoms with Crippen molar-refractivity contribution in [2.45, 2.75) is 17.5 Å². The normalized spacial score (nSPS) is 15.2. The Kier molecular flexibility index (Phi) is 5.15. The fourth-order valence-electron chi connectivity index (χ4n) is 3.74.